The summed E-state index contributed by atoms with van der Waals surface area (Å²) in [4.78, 5) is 2.52. The first-order valence-corrected chi connectivity index (χ1v) is 11.5. The van der Waals surface area contributed by atoms with Gasteiger partial charge in [-0.25, -0.2) is 0 Å². The van der Waals surface area contributed by atoms with E-state index < -0.39 is 0 Å². The zero-order chi connectivity index (χ0) is 17.8. The second-order valence-corrected chi connectivity index (χ2v) is 8.72. The first kappa shape index (κ1) is 17.9. The van der Waals surface area contributed by atoms with E-state index in [9.17, 15) is 0 Å². The molecule has 4 heteroatoms. The number of ether oxygens (including phenoxy) is 2. The van der Waals surface area contributed by atoms with Gasteiger partial charge in [0.1, 0.15) is 13.2 Å². The van der Waals surface area contributed by atoms with Crippen LogP contribution in [0.15, 0.2) is 29.0 Å². The van der Waals surface area contributed by atoms with Gasteiger partial charge in [0.15, 0.2) is 11.5 Å². The van der Waals surface area contributed by atoms with E-state index in [-0.39, 0.29) is 0 Å². The second kappa shape index (κ2) is 8.45. The lowest BCUT2D eigenvalue weighted by Gasteiger charge is -2.15. The smallest absolute Gasteiger partial charge is 0.180 e. The fourth-order valence-electron chi connectivity index (χ4n) is 3.56. The van der Waals surface area contributed by atoms with Crippen LogP contribution in [0.1, 0.15) is 51.0 Å². The number of rotatable bonds is 8. The van der Waals surface area contributed by atoms with Crippen LogP contribution in [0.3, 0.4) is 0 Å². The Morgan fingerprint density at radius 2 is 1.69 bits per heavy atom. The van der Waals surface area contributed by atoms with E-state index >= 15 is 0 Å². The van der Waals surface area contributed by atoms with Gasteiger partial charge in [0.2, 0.25) is 0 Å². The highest BCUT2D eigenvalue weighted by molar-refractivity contribution is 7.22. The molecule has 4 rings (SSSR count). The zero-order valence-electron chi connectivity index (χ0n) is 15.4. The molecule has 0 saturated heterocycles. The topological polar surface area (TPSA) is 18.5 Å². The van der Waals surface area contributed by atoms with E-state index in [4.69, 9.17) is 9.47 Å². The van der Waals surface area contributed by atoms with E-state index in [1.165, 1.54) is 71.0 Å². The second-order valence-electron chi connectivity index (χ2n) is 6.96. The van der Waals surface area contributed by atoms with E-state index in [0.717, 1.165) is 11.5 Å². The monoisotopic (exact) mass is 386 g/mol. The summed E-state index contributed by atoms with van der Waals surface area (Å²) in [6.45, 7) is 3.56. The Bertz CT molecular complexity index is 862. The lowest BCUT2D eigenvalue weighted by molar-refractivity contribution is 0.174. The molecule has 3 aromatic rings. The molecule has 2 aromatic heterocycles. The third-order valence-corrected chi connectivity index (χ3v) is 7.11. The molecular formula is C22H26O2S2. The van der Waals surface area contributed by atoms with Crippen molar-refractivity contribution in [2.75, 3.05) is 13.2 Å². The minimum atomic E-state index is 0.641. The zero-order valence-corrected chi connectivity index (χ0v) is 17.0. The standard InChI is InChI=1S/C22H26O2S2/c1-2-3-4-5-6-7-8-16-9-10-18-17(13-16)14-25-21(18)22-20-19(15-26-22)23-11-12-24-20/h9-10,13-15H,2-8,11-12H2,1H3. The van der Waals surface area contributed by atoms with Crippen LogP contribution in [0.25, 0.3) is 20.5 Å². The number of hydrogen-bond acceptors (Lipinski definition) is 4. The molecule has 0 atom stereocenters. The highest BCUT2D eigenvalue weighted by Crippen LogP contribution is 2.49. The van der Waals surface area contributed by atoms with Crippen LogP contribution in [-0.4, -0.2) is 13.2 Å². The molecule has 138 valence electrons. The Hall–Kier alpha value is -1.52. The van der Waals surface area contributed by atoms with Crippen molar-refractivity contribution in [3.05, 3.63) is 34.5 Å². The van der Waals surface area contributed by atoms with Gasteiger partial charge in [0.25, 0.3) is 0 Å². The Labute approximate surface area is 163 Å². The highest BCUT2D eigenvalue weighted by atomic mass is 32.1. The number of thiophene rings is 2. The predicted octanol–water partition coefficient (Wildman–Crippen LogP) is 7.30. The third-order valence-electron chi connectivity index (χ3n) is 4.99. The minimum Gasteiger partial charge on any atom is -0.485 e. The van der Waals surface area contributed by atoms with Crippen LogP contribution in [-0.2, 0) is 6.42 Å². The molecule has 0 amide bonds. The van der Waals surface area contributed by atoms with Crippen LogP contribution in [0.2, 0.25) is 0 Å². The summed E-state index contributed by atoms with van der Waals surface area (Å²) in [6, 6.07) is 6.98. The van der Waals surface area contributed by atoms with E-state index in [1.54, 1.807) is 11.3 Å². The van der Waals surface area contributed by atoms with Gasteiger partial charge in [-0.1, -0.05) is 57.2 Å². The summed E-state index contributed by atoms with van der Waals surface area (Å²) < 4.78 is 11.6. The Kier molecular flexibility index (Phi) is 5.81. The van der Waals surface area contributed by atoms with E-state index in [1.807, 2.05) is 11.3 Å². The fraction of sp³-hybridized carbons (Fsp3) is 0.455. The van der Waals surface area contributed by atoms with Crippen LogP contribution < -0.4 is 9.47 Å². The molecule has 0 bridgehead atoms. The Balaban J connectivity index is 1.47. The Morgan fingerprint density at radius 3 is 2.62 bits per heavy atom. The van der Waals surface area contributed by atoms with Gasteiger partial charge in [0.05, 0.1) is 9.75 Å². The quantitative estimate of drug-likeness (QED) is 0.378. The predicted molar refractivity (Wildman–Crippen MR) is 113 cm³/mol. The number of benzene rings is 1. The van der Waals surface area contributed by atoms with Gasteiger partial charge in [-0.2, -0.15) is 0 Å². The molecule has 0 saturated carbocycles. The first-order valence-electron chi connectivity index (χ1n) is 9.74. The van der Waals surface area contributed by atoms with Crippen LogP contribution in [0.5, 0.6) is 11.5 Å². The van der Waals surface area contributed by atoms with Crippen LogP contribution >= 0.6 is 22.7 Å². The maximum atomic E-state index is 5.88. The SMILES string of the molecule is CCCCCCCCc1ccc2c(-c3scc4c3OCCO4)scc2c1. The molecule has 0 spiro atoms. The first-order chi connectivity index (χ1) is 12.9. The van der Waals surface area contributed by atoms with Gasteiger partial charge in [-0.3, -0.25) is 0 Å². The van der Waals surface area contributed by atoms with Crippen LogP contribution in [0, 0.1) is 0 Å². The normalized spacial score (nSPS) is 13.4. The third kappa shape index (κ3) is 3.77. The molecule has 26 heavy (non-hydrogen) atoms. The molecule has 1 aromatic carbocycles. The largest absolute Gasteiger partial charge is 0.485 e. The number of hydrogen-bond donors (Lipinski definition) is 0. The fourth-order valence-corrected chi connectivity index (χ4v) is 5.69. The highest BCUT2D eigenvalue weighted by Gasteiger charge is 2.22. The molecule has 1 aliphatic heterocycles. The molecule has 0 N–H and O–H groups in total. The number of fused-ring (bicyclic) bond motifs is 2. The van der Waals surface area contributed by atoms with Crippen molar-refractivity contribution in [1.82, 2.24) is 0 Å². The lowest BCUT2D eigenvalue weighted by Crippen LogP contribution is -2.14. The van der Waals surface area contributed by atoms with Crippen molar-refractivity contribution in [3.8, 4) is 21.3 Å². The van der Waals surface area contributed by atoms with Gasteiger partial charge in [-0.15, -0.1) is 22.7 Å². The summed E-state index contributed by atoms with van der Waals surface area (Å²) in [7, 11) is 0. The minimum absolute atomic E-state index is 0.641. The molecule has 0 aliphatic carbocycles. The maximum Gasteiger partial charge on any atom is 0.180 e. The average Bonchev–Trinajstić information content (AvgIpc) is 3.28. The lowest BCUT2D eigenvalue weighted by atomic mass is 10.0. The van der Waals surface area contributed by atoms with Crippen molar-refractivity contribution in [1.29, 1.82) is 0 Å². The Morgan fingerprint density at radius 1 is 0.885 bits per heavy atom. The summed E-state index contributed by atoms with van der Waals surface area (Å²) in [6.07, 6.45) is 9.32. The molecular weight excluding hydrogens is 360 g/mol. The molecule has 0 fully saturated rings. The van der Waals surface area contributed by atoms with Crippen molar-refractivity contribution in [2.24, 2.45) is 0 Å². The molecule has 3 heterocycles. The summed E-state index contributed by atoms with van der Waals surface area (Å²) >= 11 is 3.54. The van der Waals surface area contributed by atoms with Crippen molar-refractivity contribution >= 4 is 33.4 Å². The molecule has 0 radical (unpaired) electrons. The maximum absolute atomic E-state index is 5.88. The van der Waals surface area contributed by atoms with E-state index in [0.29, 0.717) is 13.2 Å². The molecule has 1 aliphatic rings. The van der Waals surface area contributed by atoms with Gasteiger partial charge in [0, 0.05) is 10.8 Å². The number of aryl methyl sites for hydroxylation is 1. The van der Waals surface area contributed by atoms with Crippen molar-refractivity contribution in [3.63, 3.8) is 0 Å². The van der Waals surface area contributed by atoms with Crippen molar-refractivity contribution in [2.45, 2.75) is 51.9 Å². The molecule has 2 nitrogen and oxygen atoms in total. The van der Waals surface area contributed by atoms with Gasteiger partial charge < -0.3 is 9.47 Å². The average molecular weight is 387 g/mol. The van der Waals surface area contributed by atoms with Crippen LogP contribution in [0.4, 0.5) is 0 Å². The number of unbranched alkanes of at least 4 members (excludes halogenated alkanes) is 5. The summed E-state index contributed by atoms with van der Waals surface area (Å²) in [5.74, 6) is 1.83. The summed E-state index contributed by atoms with van der Waals surface area (Å²) in [5, 5.41) is 7.04. The van der Waals surface area contributed by atoms with E-state index in [2.05, 4.69) is 35.9 Å². The van der Waals surface area contributed by atoms with Gasteiger partial charge in [-0.05, 0) is 29.2 Å². The molecule has 0 unspecified atom stereocenters. The van der Waals surface area contributed by atoms with Gasteiger partial charge >= 0.3 is 0 Å². The van der Waals surface area contributed by atoms with Crippen molar-refractivity contribution < 1.29 is 9.47 Å². The summed E-state index contributed by atoms with van der Waals surface area (Å²) in [5.41, 5.74) is 1.46.